The lowest BCUT2D eigenvalue weighted by Gasteiger charge is -2.28. The number of morpholine rings is 1. The van der Waals surface area contributed by atoms with E-state index in [1.807, 2.05) is 32.2 Å². The fourth-order valence-corrected chi connectivity index (χ4v) is 3.62. The quantitative estimate of drug-likeness (QED) is 0.938. The molecule has 0 saturated carbocycles. The minimum Gasteiger partial charge on any atom is -0.378 e. The van der Waals surface area contributed by atoms with Gasteiger partial charge in [-0.2, -0.15) is 0 Å². The number of ether oxygens (including phenoxy) is 1. The van der Waals surface area contributed by atoms with Crippen molar-refractivity contribution in [1.82, 2.24) is 15.2 Å². The van der Waals surface area contributed by atoms with Gasteiger partial charge in [0, 0.05) is 26.1 Å². The van der Waals surface area contributed by atoms with Crippen LogP contribution in [0.4, 0.5) is 0 Å². The van der Waals surface area contributed by atoms with Crippen molar-refractivity contribution in [1.29, 1.82) is 0 Å². The maximum Gasteiger partial charge on any atom is 0.224 e. The zero-order valence-electron chi connectivity index (χ0n) is 12.9. The molecule has 2 aromatic rings. The summed E-state index contributed by atoms with van der Waals surface area (Å²) in [4.78, 5) is 18.9. The molecule has 1 fully saturated rings. The molecule has 1 aromatic carbocycles. The maximum absolute atomic E-state index is 12.4. The van der Waals surface area contributed by atoms with Crippen molar-refractivity contribution in [2.75, 3.05) is 26.8 Å². The van der Waals surface area contributed by atoms with Crippen molar-refractivity contribution >= 4 is 27.5 Å². The van der Waals surface area contributed by atoms with Crippen molar-refractivity contribution in [3.8, 4) is 0 Å². The number of fused-ring (bicyclic) bond motifs is 1. The summed E-state index contributed by atoms with van der Waals surface area (Å²) in [7, 11) is 1.85. The Kier molecular flexibility index (Phi) is 4.71. The van der Waals surface area contributed by atoms with Crippen molar-refractivity contribution in [2.45, 2.75) is 25.4 Å². The number of hydrogen-bond donors (Lipinski definition) is 1. The third-order valence-electron chi connectivity index (χ3n) is 4.06. The van der Waals surface area contributed by atoms with Gasteiger partial charge >= 0.3 is 0 Å². The number of nitrogens with zero attached hydrogens (tertiary/aromatic N) is 2. The molecule has 1 aliphatic rings. The Hall–Kier alpha value is -1.50. The fraction of sp³-hybridized carbons (Fsp3) is 0.500. The lowest BCUT2D eigenvalue weighted by Crippen LogP contribution is -2.44. The summed E-state index contributed by atoms with van der Waals surface area (Å²) in [5, 5.41) is 4.30. The molecule has 1 amide bonds. The number of nitrogens with one attached hydrogen (secondary N) is 1. The number of amides is 1. The van der Waals surface area contributed by atoms with Crippen molar-refractivity contribution < 1.29 is 9.53 Å². The van der Waals surface area contributed by atoms with Crippen molar-refractivity contribution in [2.24, 2.45) is 0 Å². The zero-order valence-corrected chi connectivity index (χ0v) is 13.7. The van der Waals surface area contributed by atoms with Crippen molar-refractivity contribution in [3.05, 3.63) is 29.3 Å². The molecule has 2 unspecified atom stereocenters. The first-order valence-electron chi connectivity index (χ1n) is 7.57. The highest BCUT2D eigenvalue weighted by Gasteiger charge is 2.24. The Bertz CT molecular complexity index is 619. The van der Waals surface area contributed by atoms with E-state index in [0.717, 1.165) is 28.4 Å². The number of para-hydroxylation sites is 1. The number of aromatic nitrogens is 1. The SMILES string of the molecule is CC(c1nc2ccccc2s1)N(C)C(=O)CC1COCCN1. The van der Waals surface area contributed by atoms with Gasteiger partial charge in [0.05, 0.1) is 29.5 Å². The summed E-state index contributed by atoms with van der Waals surface area (Å²) < 4.78 is 6.56. The number of benzene rings is 1. The molecule has 1 saturated heterocycles. The molecular formula is C16H21N3O2S. The van der Waals surface area contributed by atoms with Gasteiger partial charge in [-0.05, 0) is 19.1 Å². The summed E-state index contributed by atoms with van der Waals surface area (Å²) in [5.41, 5.74) is 0.998. The number of rotatable bonds is 4. The second-order valence-electron chi connectivity index (χ2n) is 5.63. The molecule has 0 bridgehead atoms. The van der Waals surface area contributed by atoms with Gasteiger partial charge in [-0.15, -0.1) is 11.3 Å². The molecule has 2 atom stereocenters. The average Bonchev–Trinajstić information content (AvgIpc) is 2.98. The predicted octanol–water partition coefficient (Wildman–Crippen LogP) is 2.19. The first kappa shape index (κ1) is 15.4. The lowest BCUT2D eigenvalue weighted by atomic mass is 10.1. The van der Waals surface area contributed by atoms with Crippen LogP contribution in [0.15, 0.2) is 24.3 Å². The monoisotopic (exact) mass is 319 g/mol. The van der Waals surface area contributed by atoms with Crippen LogP contribution in [0.3, 0.4) is 0 Å². The van der Waals surface area contributed by atoms with E-state index in [2.05, 4.69) is 16.4 Å². The van der Waals surface area contributed by atoms with Gasteiger partial charge in [0.2, 0.25) is 5.91 Å². The van der Waals surface area contributed by atoms with Crippen LogP contribution in [-0.2, 0) is 9.53 Å². The topological polar surface area (TPSA) is 54.5 Å². The summed E-state index contributed by atoms with van der Waals surface area (Å²) in [6.45, 7) is 4.17. The van der Waals surface area contributed by atoms with Crippen LogP contribution in [0.2, 0.25) is 0 Å². The number of carbonyl (C=O) groups is 1. The second kappa shape index (κ2) is 6.73. The summed E-state index contributed by atoms with van der Waals surface area (Å²) in [6, 6.07) is 8.17. The standard InChI is InChI=1S/C16H21N3O2S/c1-11(16-18-13-5-3-4-6-14(13)22-16)19(2)15(20)9-12-10-21-8-7-17-12/h3-6,11-12,17H,7-10H2,1-2H3. The van der Waals surface area contributed by atoms with E-state index >= 15 is 0 Å². The average molecular weight is 319 g/mol. The summed E-state index contributed by atoms with van der Waals surface area (Å²) >= 11 is 1.65. The molecule has 22 heavy (non-hydrogen) atoms. The van der Waals surface area contributed by atoms with E-state index in [1.54, 1.807) is 16.2 Å². The Labute approximate surface area is 134 Å². The highest BCUT2D eigenvalue weighted by molar-refractivity contribution is 7.18. The molecule has 6 heteroatoms. The van der Waals surface area contributed by atoms with E-state index in [-0.39, 0.29) is 18.0 Å². The van der Waals surface area contributed by atoms with Gasteiger partial charge in [0.1, 0.15) is 5.01 Å². The molecule has 2 heterocycles. The zero-order chi connectivity index (χ0) is 15.5. The summed E-state index contributed by atoms with van der Waals surface area (Å²) in [6.07, 6.45) is 0.464. The van der Waals surface area contributed by atoms with Crippen molar-refractivity contribution in [3.63, 3.8) is 0 Å². The Balaban J connectivity index is 1.67. The van der Waals surface area contributed by atoms with E-state index in [0.29, 0.717) is 13.0 Å². The minimum absolute atomic E-state index is 0.0191. The molecule has 5 nitrogen and oxygen atoms in total. The van der Waals surface area contributed by atoms with Crippen LogP contribution < -0.4 is 5.32 Å². The van der Waals surface area contributed by atoms with Crippen LogP contribution in [0.5, 0.6) is 0 Å². The Morgan fingerprint density at radius 3 is 3.09 bits per heavy atom. The molecule has 1 aromatic heterocycles. The smallest absolute Gasteiger partial charge is 0.224 e. The third kappa shape index (κ3) is 3.29. The van der Waals surface area contributed by atoms with Crippen LogP contribution in [0.1, 0.15) is 24.4 Å². The van der Waals surface area contributed by atoms with Gasteiger partial charge in [-0.25, -0.2) is 4.98 Å². The third-order valence-corrected chi connectivity index (χ3v) is 5.27. The van der Waals surface area contributed by atoms with Gasteiger partial charge in [0.15, 0.2) is 0 Å². The number of carbonyl (C=O) groups excluding carboxylic acids is 1. The number of hydrogen-bond acceptors (Lipinski definition) is 5. The molecule has 0 radical (unpaired) electrons. The van der Waals surface area contributed by atoms with Crippen LogP contribution in [0, 0.1) is 0 Å². The molecule has 118 valence electrons. The first-order chi connectivity index (χ1) is 10.6. The normalized spacial score (nSPS) is 20.0. The second-order valence-corrected chi connectivity index (χ2v) is 6.69. The molecule has 1 aliphatic heterocycles. The summed E-state index contributed by atoms with van der Waals surface area (Å²) in [5.74, 6) is 0.120. The van der Waals surface area contributed by atoms with Gasteiger partial charge in [0.25, 0.3) is 0 Å². The van der Waals surface area contributed by atoms with E-state index in [4.69, 9.17) is 4.74 Å². The van der Waals surface area contributed by atoms with E-state index in [9.17, 15) is 4.79 Å². The highest BCUT2D eigenvalue weighted by Crippen LogP contribution is 2.29. The lowest BCUT2D eigenvalue weighted by molar-refractivity contribution is -0.133. The Morgan fingerprint density at radius 1 is 1.55 bits per heavy atom. The van der Waals surface area contributed by atoms with Gasteiger partial charge in [-0.1, -0.05) is 12.1 Å². The largest absolute Gasteiger partial charge is 0.378 e. The molecule has 3 rings (SSSR count). The minimum atomic E-state index is -0.0191. The predicted molar refractivity (Wildman–Crippen MR) is 88.0 cm³/mol. The van der Waals surface area contributed by atoms with Crippen LogP contribution in [0.25, 0.3) is 10.2 Å². The highest BCUT2D eigenvalue weighted by atomic mass is 32.1. The molecule has 1 N–H and O–H groups in total. The molecule has 0 aliphatic carbocycles. The van der Waals surface area contributed by atoms with Gasteiger partial charge in [-0.3, -0.25) is 4.79 Å². The van der Waals surface area contributed by atoms with E-state index in [1.165, 1.54) is 0 Å². The maximum atomic E-state index is 12.4. The Morgan fingerprint density at radius 2 is 2.36 bits per heavy atom. The van der Waals surface area contributed by atoms with Crippen LogP contribution >= 0.6 is 11.3 Å². The first-order valence-corrected chi connectivity index (χ1v) is 8.39. The van der Waals surface area contributed by atoms with Crippen LogP contribution in [-0.4, -0.2) is 48.6 Å². The fourth-order valence-electron chi connectivity index (χ4n) is 2.56. The number of thiazole rings is 1. The molecular weight excluding hydrogens is 298 g/mol. The van der Waals surface area contributed by atoms with Gasteiger partial charge < -0.3 is 15.0 Å². The molecule has 0 spiro atoms. The van der Waals surface area contributed by atoms with E-state index < -0.39 is 0 Å².